The molecule has 96 valence electrons. The van der Waals surface area contributed by atoms with Gasteiger partial charge in [-0.1, -0.05) is 13.8 Å². The molecule has 0 aromatic rings. The van der Waals surface area contributed by atoms with Gasteiger partial charge in [0.25, 0.3) is 0 Å². The number of rotatable bonds is 6. The lowest BCUT2D eigenvalue weighted by atomic mass is 9.79. The van der Waals surface area contributed by atoms with Gasteiger partial charge in [0.2, 0.25) is 0 Å². The molecule has 0 amide bonds. The molecule has 0 aliphatic heterocycles. The van der Waals surface area contributed by atoms with Gasteiger partial charge in [-0.2, -0.15) is 11.8 Å². The van der Waals surface area contributed by atoms with Crippen molar-refractivity contribution in [3.63, 3.8) is 0 Å². The van der Waals surface area contributed by atoms with E-state index in [4.69, 9.17) is 0 Å². The minimum Gasteiger partial charge on any atom is -0.311 e. The average Bonchev–Trinajstić information content (AvgIpc) is 2.27. The Balaban J connectivity index is 2.16. The van der Waals surface area contributed by atoms with E-state index in [2.05, 4.69) is 32.3 Å². The first kappa shape index (κ1) is 14.4. The highest BCUT2D eigenvalue weighted by Crippen LogP contribution is 2.30. The van der Waals surface area contributed by atoms with Crippen molar-refractivity contribution < 1.29 is 0 Å². The van der Waals surface area contributed by atoms with E-state index < -0.39 is 0 Å². The Hall–Kier alpha value is 0.310. The summed E-state index contributed by atoms with van der Waals surface area (Å²) in [6, 6.07) is 1.50. The molecule has 1 N–H and O–H groups in total. The Morgan fingerprint density at radius 3 is 2.25 bits per heavy atom. The number of hydrogen-bond donors (Lipinski definition) is 1. The molecule has 0 aromatic carbocycles. The second-order valence-electron chi connectivity index (χ2n) is 5.70. The Bertz CT molecular complexity index is 174. The molecule has 0 radical (unpaired) electrons. The van der Waals surface area contributed by atoms with E-state index in [0.717, 1.165) is 17.9 Å². The molecule has 0 heterocycles. The van der Waals surface area contributed by atoms with Gasteiger partial charge < -0.3 is 5.32 Å². The first-order valence-corrected chi connectivity index (χ1v) is 8.27. The molecule has 16 heavy (non-hydrogen) atoms. The van der Waals surface area contributed by atoms with Gasteiger partial charge in [-0.15, -0.1) is 0 Å². The van der Waals surface area contributed by atoms with Gasteiger partial charge in [0.15, 0.2) is 0 Å². The molecule has 1 aliphatic rings. The lowest BCUT2D eigenvalue weighted by molar-refractivity contribution is 0.230. The van der Waals surface area contributed by atoms with Gasteiger partial charge in [0.1, 0.15) is 0 Å². The van der Waals surface area contributed by atoms with Gasteiger partial charge in [-0.05, 0) is 62.9 Å². The van der Waals surface area contributed by atoms with Crippen LogP contribution in [0.15, 0.2) is 0 Å². The Labute approximate surface area is 106 Å². The predicted octanol–water partition coefficient (Wildman–Crippen LogP) is 3.93. The smallest absolute Gasteiger partial charge is 0.00697 e. The highest BCUT2D eigenvalue weighted by Gasteiger charge is 2.23. The van der Waals surface area contributed by atoms with E-state index in [1.165, 1.54) is 37.9 Å². The van der Waals surface area contributed by atoms with Crippen molar-refractivity contribution in [2.24, 2.45) is 11.8 Å². The van der Waals surface area contributed by atoms with Crippen LogP contribution in [0.5, 0.6) is 0 Å². The maximum absolute atomic E-state index is 3.80. The molecule has 1 aliphatic carbocycles. The van der Waals surface area contributed by atoms with Crippen molar-refractivity contribution in [3.05, 3.63) is 0 Å². The standard InChI is InChI=1S/C14H29NS/c1-11(2)13-5-7-14(8-6-13)15-12(3)9-10-16-4/h11-15H,5-10H2,1-4H3. The molecular formula is C14H29NS. The maximum Gasteiger partial charge on any atom is 0.00697 e. The van der Waals surface area contributed by atoms with Gasteiger partial charge in [0.05, 0.1) is 0 Å². The molecule has 1 rings (SSSR count). The summed E-state index contributed by atoms with van der Waals surface area (Å²) in [5.41, 5.74) is 0. The first-order chi connectivity index (χ1) is 7.63. The molecule has 1 nitrogen and oxygen atoms in total. The van der Waals surface area contributed by atoms with Gasteiger partial charge in [-0.25, -0.2) is 0 Å². The summed E-state index contributed by atoms with van der Waals surface area (Å²) in [6.45, 7) is 7.09. The van der Waals surface area contributed by atoms with Crippen LogP contribution in [-0.4, -0.2) is 24.1 Å². The van der Waals surface area contributed by atoms with Crippen LogP contribution in [0.4, 0.5) is 0 Å². The average molecular weight is 243 g/mol. The lowest BCUT2D eigenvalue weighted by Gasteiger charge is -2.33. The molecule has 1 atom stereocenters. The van der Waals surface area contributed by atoms with Gasteiger partial charge in [0, 0.05) is 12.1 Å². The second kappa shape index (κ2) is 7.60. The van der Waals surface area contributed by atoms with E-state index in [1.807, 2.05) is 11.8 Å². The first-order valence-electron chi connectivity index (χ1n) is 6.88. The largest absolute Gasteiger partial charge is 0.311 e. The van der Waals surface area contributed by atoms with Crippen LogP contribution >= 0.6 is 11.8 Å². The fraction of sp³-hybridized carbons (Fsp3) is 1.00. The van der Waals surface area contributed by atoms with Crippen molar-refractivity contribution >= 4 is 11.8 Å². The van der Waals surface area contributed by atoms with Crippen molar-refractivity contribution in [2.75, 3.05) is 12.0 Å². The fourth-order valence-corrected chi connectivity index (χ4v) is 3.32. The van der Waals surface area contributed by atoms with Gasteiger partial charge >= 0.3 is 0 Å². The maximum atomic E-state index is 3.80. The second-order valence-corrected chi connectivity index (χ2v) is 6.69. The van der Waals surface area contributed by atoms with Crippen LogP contribution in [0.2, 0.25) is 0 Å². The number of thioether (sulfide) groups is 1. The van der Waals surface area contributed by atoms with Crippen LogP contribution in [0.3, 0.4) is 0 Å². The molecule has 1 fully saturated rings. The topological polar surface area (TPSA) is 12.0 Å². The quantitative estimate of drug-likeness (QED) is 0.758. The van der Waals surface area contributed by atoms with Crippen LogP contribution in [0, 0.1) is 11.8 Å². The molecule has 1 saturated carbocycles. The summed E-state index contributed by atoms with van der Waals surface area (Å²) in [5, 5.41) is 3.80. The zero-order valence-electron chi connectivity index (χ0n) is 11.5. The summed E-state index contributed by atoms with van der Waals surface area (Å²) in [5.74, 6) is 3.16. The summed E-state index contributed by atoms with van der Waals surface area (Å²) in [6.07, 6.45) is 9.17. The normalized spacial score (nSPS) is 28.3. The Morgan fingerprint density at radius 1 is 1.12 bits per heavy atom. The van der Waals surface area contributed by atoms with Crippen molar-refractivity contribution in [2.45, 2.75) is 65.0 Å². The van der Waals surface area contributed by atoms with E-state index in [-0.39, 0.29) is 0 Å². The lowest BCUT2D eigenvalue weighted by Crippen LogP contribution is -2.39. The molecular weight excluding hydrogens is 214 g/mol. The number of nitrogens with one attached hydrogen (secondary N) is 1. The number of hydrogen-bond acceptors (Lipinski definition) is 2. The van der Waals surface area contributed by atoms with Gasteiger partial charge in [-0.3, -0.25) is 0 Å². The summed E-state index contributed by atoms with van der Waals surface area (Å²) in [7, 11) is 0. The minimum absolute atomic E-state index is 0.702. The van der Waals surface area contributed by atoms with Crippen LogP contribution in [-0.2, 0) is 0 Å². The fourth-order valence-electron chi connectivity index (χ4n) is 2.73. The molecule has 2 heteroatoms. The third-order valence-electron chi connectivity index (χ3n) is 3.99. The summed E-state index contributed by atoms with van der Waals surface area (Å²) < 4.78 is 0. The van der Waals surface area contributed by atoms with Crippen molar-refractivity contribution in [3.8, 4) is 0 Å². The highest BCUT2D eigenvalue weighted by atomic mass is 32.2. The third-order valence-corrected chi connectivity index (χ3v) is 4.63. The van der Waals surface area contributed by atoms with Crippen molar-refractivity contribution in [1.82, 2.24) is 5.32 Å². The van der Waals surface area contributed by atoms with Crippen LogP contribution < -0.4 is 5.32 Å². The Kier molecular flexibility index (Phi) is 6.83. The Morgan fingerprint density at radius 2 is 1.75 bits per heavy atom. The minimum atomic E-state index is 0.702. The van der Waals surface area contributed by atoms with E-state index in [0.29, 0.717) is 6.04 Å². The van der Waals surface area contributed by atoms with Crippen LogP contribution in [0.25, 0.3) is 0 Å². The molecule has 0 spiro atoms. The van der Waals surface area contributed by atoms with E-state index in [1.54, 1.807) is 0 Å². The molecule has 0 saturated heterocycles. The molecule has 1 unspecified atom stereocenters. The van der Waals surface area contributed by atoms with E-state index >= 15 is 0 Å². The summed E-state index contributed by atoms with van der Waals surface area (Å²) in [4.78, 5) is 0. The molecule has 0 bridgehead atoms. The highest BCUT2D eigenvalue weighted by molar-refractivity contribution is 7.98. The monoisotopic (exact) mass is 243 g/mol. The van der Waals surface area contributed by atoms with E-state index in [9.17, 15) is 0 Å². The zero-order chi connectivity index (χ0) is 12.0. The SMILES string of the molecule is CSCCC(C)NC1CCC(C(C)C)CC1. The van der Waals surface area contributed by atoms with Crippen LogP contribution in [0.1, 0.15) is 52.9 Å². The third kappa shape index (κ3) is 5.09. The van der Waals surface area contributed by atoms with Crippen molar-refractivity contribution in [1.29, 1.82) is 0 Å². The summed E-state index contributed by atoms with van der Waals surface area (Å²) >= 11 is 1.96. The predicted molar refractivity (Wildman–Crippen MR) is 76.2 cm³/mol. The molecule has 0 aromatic heterocycles. The zero-order valence-corrected chi connectivity index (χ0v) is 12.3.